The first kappa shape index (κ1) is 16.8. The third-order valence-electron chi connectivity index (χ3n) is 5.35. The summed E-state index contributed by atoms with van der Waals surface area (Å²) in [5.74, 6) is 0.633. The molecule has 6 heteroatoms. The Morgan fingerprint density at radius 2 is 1.88 bits per heavy atom. The molecule has 1 spiro atoms. The number of nitrogens with zero attached hydrogens (tertiary/aromatic N) is 2. The zero-order valence-electron chi connectivity index (χ0n) is 15.8. The van der Waals surface area contributed by atoms with Crippen LogP contribution in [0.4, 0.5) is 11.5 Å². The van der Waals surface area contributed by atoms with Gasteiger partial charge in [0.25, 0.3) is 0 Å². The Kier molecular flexibility index (Phi) is 3.36. The monoisotopic (exact) mass is 352 g/mol. The number of fused-ring (bicyclic) bond motifs is 4. The van der Waals surface area contributed by atoms with E-state index in [1.165, 1.54) is 0 Å². The normalized spacial score (nSPS) is 21.6. The second-order valence-corrected chi connectivity index (χ2v) is 8.53. The topological polar surface area (TPSA) is 76.0 Å². The number of amides is 2. The predicted octanol–water partition coefficient (Wildman–Crippen LogP) is 3.34. The summed E-state index contributed by atoms with van der Waals surface area (Å²) < 4.78 is 1.79. The molecule has 2 N–H and O–H groups in total. The number of anilines is 2. The second-order valence-electron chi connectivity index (χ2n) is 8.53. The van der Waals surface area contributed by atoms with Gasteiger partial charge < -0.3 is 10.6 Å². The Morgan fingerprint density at radius 3 is 2.54 bits per heavy atom. The molecular weight excluding hydrogens is 328 g/mol. The van der Waals surface area contributed by atoms with Gasteiger partial charge in [0.15, 0.2) is 0 Å². The first-order valence-electron chi connectivity index (χ1n) is 8.99. The largest absolute Gasteiger partial charge is 0.325 e. The Hall–Kier alpha value is -2.63. The maximum Gasteiger partial charge on any atom is 0.240 e. The zero-order chi connectivity index (χ0) is 18.9. The van der Waals surface area contributed by atoms with Crippen LogP contribution in [0.1, 0.15) is 63.6 Å². The minimum Gasteiger partial charge on any atom is -0.325 e. The summed E-state index contributed by atoms with van der Waals surface area (Å²) in [7, 11) is 0. The van der Waals surface area contributed by atoms with Crippen LogP contribution in [-0.2, 0) is 20.5 Å². The van der Waals surface area contributed by atoms with Gasteiger partial charge in [0.1, 0.15) is 11.2 Å². The summed E-state index contributed by atoms with van der Waals surface area (Å²) in [5, 5.41) is 10.4. The Balaban J connectivity index is 2.00. The molecule has 2 aliphatic heterocycles. The number of benzene rings is 1. The summed E-state index contributed by atoms with van der Waals surface area (Å²) >= 11 is 0. The van der Waals surface area contributed by atoms with Crippen LogP contribution in [0, 0.1) is 0 Å². The van der Waals surface area contributed by atoms with Crippen molar-refractivity contribution in [3.05, 3.63) is 41.1 Å². The summed E-state index contributed by atoms with van der Waals surface area (Å²) in [6, 6.07) is 6.04. The quantitative estimate of drug-likeness (QED) is 0.826. The minimum atomic E-state index is -1.01. The van der Waals surface area contributed by atoms with Crippen molar-refractivity contribution in [3.63, 3.8) is 0 Å². The molecule has 1 aromatic heterocycles. The van der Waals surface area contributed by atoms with E-state index in [1.54, 1.807) is 10.9 Å². The van der Waals surface area contributed by atoms with E-state index in [4.69, 9.17) is 0 Å². The Bertz CT molecular complexity index is 936. The number of carbonyl (C=O) groups excluding carboxylic acids is 2. The molecule has 2 amide bonds. The number of carbonyl (C=O) groups is 2. The van der Waals surface area contributed by atoms with Crippen molar-refractivity contribution in [2.24, 2.45) is 0 Å². The van der Waals surface area contributed by atoms with E-state index >= 15 is 0 Å². The predicted molar refractivity (Wildman–Crippen MR) is 100 cm³/mol. The van der Waals surface area contributed by atoms with Gasteiger partial charge in [-0.25, -0.2) is 4.68 Å². The highest BCUT2D eigenvalue weighted by Crippen LogP contribution is 2.50. The molecule has 0 fully saturated rings. The molecule has 0 saturated heterocycles. The summed E-state index contributed by atoms with van der Waals surface area (Å²) in [5.41, 5.74) is 2.25. The summed E-state index contributed by atoms with van der Waals surface area (Å²) in [6.07, 6.45) is 1.83. The summed E-state index contributed by atoms with van der Waals surface area (Å²) in [6.45, 7) is 10.3. The van der Waals surface area contributed by atoms with Crippen molar-refractivity contribution in [3.8, 4) is 0 Å². The average molecular weight is 352 g/mol. The summed E-state index contributed by atoms with van der Waals surface area (Å²) in [4.78, 5) is 25.7. The fourth-order valence-electron chi connectivity index (χ4n) is 3.98. The lowest BCUT2D eigenvalue weighted by atomic mass is 9.71. The van der Waals surface area contributed by atoms with Crippen LogP contribution in [0.3, 0.4) is 0 Å². The molecule has 136 valence electrons. The third kappa shape index (κ3) is 2.14. The number of hydrogen-bond donors (Lipinski definition) is 2. The average Bonchev–Trinajstić information content (AvgIpc) is 3.07. The van der Waals surface area contributed by atoms with Crippen LogP contribution >= 0.6 is 0 Å². The molecule has 1 aromatic carbocycles. The van der Waals surface area contributed by atoms with Gasteiger partial charge in [-0.2, -0.15) is 5.10 Å². The molecule has 6 nitrogen and oxygen atoms in total. The van der Waals surface area contributed by atoms with Gasteiger partial charge in [0.2, 0.25) is 11.8 Å². The van der Waals surface area contributed by atoms with Gasteiger partial charge in [0.05, 0.1) is 11.7 Å². The molecule has 26 heavy (non-hydrogen) atoms. The SMILES string of the molecule is CC(C)c1ccc2c(c1)C1(CC(=O)Nc3c1cnn3C(C)(C)C)C(=O)N2. The van der Waals surface area contributed by atoms with Crippen LogP contribution in [0.15, 0.2) is 24.4 Å². The first-order chi connectivity index (χ1) is 12.1. The van der Waals surface area contributed by atoms with E-state index in [2.05, 4.69) is 35.6 Å². The van der Waals surface area contributed by atoms with Crippen molar-refractivity contribution < 1.29 is 9.59 Å². The van der Waals surface area contributed by atoms with E-state index in [0.29, 0.717) is 11.7 Å². The van der Waals surface area contributed by atoms with Gasteiger partial charge in [-0.05, 0) is 43.9 Å². The molecule has 1 atom stereocenters. The highest BCUT2D eigenvalue weighted by Gasteiger charge is 2.54. The number of rotatable bonds is 1. The third-order valence-corrected chi connectivity index (χ3v) is 5.35. The maximum atomic E-state index is 13.1. The minimum absolute atomic E-state index is 0.0935. The smallest absolute Gasteiger partial charge is 0.240 e. The van der Waals surface area contributed by atoms with E-state index in [1.807, 2.05) is 32.9 Å². The molecular formula is C20H24N4O2. The van der Waals surface area contributed by atoms with Gasteiger partial charge in [0, 0.05) is 17.7 Å². The molecule has 0 radical (unpaired) electrons. The molecule has 0 aliphatic carbocycles. The molecule has 2 aromatic rings. The van der Waals surface area contributed by atoms with Crippen molar-refractivity contribution >= 4 is 23.3 Å². The van der Waals surface area contributed by atoms with E-state index < -0.39 is 5.41 Å². The second kappa shape index (κ2) is 5.19. The highest BCUT2D eigenvalue weighted by molar-refractivity contribution is 6.14. The van der Waals surface area contributed by atoms with E-state index in [-0.39, 0.29) is 23.8 Å². The molecule has 2 aliphatic rings. The van der Waals surface area contributed by atoms with Crippen LogP contribution < -0.4 is 10.6 Å². The van der Waals surface area contributed by atoms with Crippen LogP contribution in [-0.4, -0.2) is 21.6 Å². The lowest BCUT2D eigenvalue weighted by molar-refractivity contribution is -0.125. The van der Waals surface area contributed by atoms with Crippen LogP contribution in [0.2, 0.25) is 0 Å². The van der Waals surface area contributed by atoms with Crippen molar-refractivity contribution in [2.75, 3.05) is 10.6 Å². The lowest BCUT2D eigenvalue weighted by Gasteiger charge is -2.33. The molecule has 0 saturated carbocycles. The standard InChI is InChI=1S/C20H24N4O2/c1-11(2)12-6-7-15-13(8-12)20(18(26)22-15)9-16(25)23-17-14(20)10-21-24(17)19(3,4)5/h6-8,10-11H,9H2,1-5H3,(H,22,26)(H,23,25). The van der Waals surface area contributed by atoms with Crippen LogP contribution in [0.25, 0.3) is 0 Å². The molecule has 0 bridgehead atoms. The zero-order valence-corrected chi connectivity index (χ0v) is 15.8. The van der Waals surface area contributed by atoms with E-state index in [9.17, 15) is 9.59 Å². The van der Waals surface area contributed by atoms with E-state index in [0.717, 1.165) is 22.4 Å². The lowest BCUT2D eigenvalue weighted by Crippen LogP contribution is -2.44. The Morgan fingerprint density at radius 1 is 1.15 bits per heavy atom. The van der Waals surface area contributed by atoms with Gasteiger partial charge in [-0.15, -0.1) is 0 Å². The van der Waals surface area contributed by atoms with Crippen molar-refractivity contribution in [1.82, 2.24) is 9.78 Å². The molecule has 4 rings (SSSR count). The van der Waals surface area contributed by atoms with Gasteiger partial charge in [-0.1, -0.05) is 26.0 Å². The first-order valence-corrected chi connectivity index (χ1v) is 8.99. The number of hydrogen-bond acceptors (Lipinski definition) is 3. The van der Waals surface area contributed by atoms with Gasteiger partial charge >= 0.3 is 0 Å². The molecule has 3 heterocycles. The molecule has 1 unspecified atom stereocenters. The number of aromatic nitrogens is 2. The fourth-order valence-corrected chi connectivity index (χ4v) is 3.98. The fraction of sp³-hybridized carbons (Fsp3) is 0.450. The van der Waals surface area contributed by atoms with Crippen LogP contribution in [0.5, 0.6) is 0 Å². The highest BCUT2D eigenvalue weighted by atomic mass is 16.2. The van der Waals surface area contributed by atoms with Crippen molar-refractivity contribution in [1.29, 1.82) is 0 Å². The number of nitrogens with one attached hydrogen (secondary N) is 2. The Labute approximate surface area is 153 Å². The van der Waals surface area contributed by atoms with Gasteiger partial charge in [-0.3, -0.25) is 9.59 Å². The maximum absolute atomic E-state index is 13.1. The van der Waals surface area contributed by atoms with Crippen molar-refractivity contribution in [2.45, 2.75) is 57.9 Å².